The zero-order valence-corrected chi connectivity index (χ0v) is 17.4. The third kappa shape index (κ3) is 2.58. The summed E-state index contributed by atoms with van der Waals surface area (Å²) >= 11 is 0. The number of esters is 1. The zero-order chi connectivity index (χ0) is 19.4. The SMILES string of the molecule is CCC(O)(CC)C12CC3CC(OC(C)=O)(C1)CC(C(O)(CC)CC)(C3)C2. The Morgan fingerprint density at radius 1 is 0.885 bits per heavy atom. The molecule has 2 unspecified atom stereocenters. The van der Waals surface area contributed by atoms with Gasteiger partial charge in [0, 0.05) is 17.8 Å². The van der Waals surface area contributed by atoms with Crippen molar-refractivity contribution in [2.24, 2.45) is 16.7 Å². The van der Waals surface area contributed by atoms with Crippen molar-refractivity contribution in [3.05, 3.63) is 0 Å². The van der Waals surface area contributed by atoms with Gasteiger partial charge in [0.05, 0.1) is 11.2 Å². The summed E-state index contributed by atoms with van der Waals surface area (Å²) in [6.07, 6.45) is 8.08. The number of carbonyl (C=O) groups excluding carboxylic acids is 1. The van der Waals surface area contributed by atoms with Gasteiger partial charge in [0.15, 0.2) is 0 Å². The Balaban J connectivity index is 2.14. The van der Waals surface area contributed by atoms with E-state index in [0.717, 1.165) is 38.5 Å². The van der Waals surface area contributed by atoms with Gasteiger partial charge in [-0.1, -0.05) is 27.7 Å². The molecule has 4 aliphatic carbocycles. The minimum absolute atomic E-state index is 0.231. The molecular weight excluding hydrogens is 328 g/mol. The van der Waals surface area contributed by atoms with Gasteiger partial charge in [-0.2, -0.15) is 0 Å². The first-order valence-electron chi connectivity index (χ1n) is 10.7. The Bertz CT molecular complexity index is 526. The molecule has 0 aromatic rings. The molecule has 0 amide bonds. The van der Waals surface area contributed by atoms with Crippen molar-refractivity contribution in [1.29, 1.82) is 0 Å². The van der Waals surface area contributed by atoms with Crippen molar-refractivity contribution in [2.75, 3.05) is 0 Å². The zero-order valence-electron chi connectivity index (χ0n) is 17.4. The molecule has 4 aliphatic rings. The second kappa shape index (κ2) is 6.20. The smallest absolute Gasteiger partial charge is 0.303 e. The maximum Gasteiger partial charge on any atom is 0.303 e. The van der Waals surface area contributed by atoms with Crippen molar-refractivity contribution in [3.8, 4) is 0 Å². The Morgan fingerprint density at radius 2 is 1.31 bits per heavy atom. The molecule has 0 radical (unpaired) electrons. The second-order valence-corrected chi connectivity index (χ2v) is 9.82. The Morgan fingerprint density at radius 3 is 1.65 bits per heavy atom. The van der Waals surface area contributed by atoms with E-state index < -0.39 is 16.8 Å². The van der Waals surface area contributed by atoms with Gasteiger partial charge in [0.1, 0.15) is 5.60 Å². The predicted octanol–water partition coefficient (Wildman–Crippen LogP) is 4.36. The molecule has 0 aromatic carbocycles. The van der Waals surface area contributed by atoms with Crippen molar-refractivity contribution >= 4 is 5.97 Å². The number of hydrogen-bond donors (Lipinski definition) is 2. The molecule has 0 spiro atoms. The van der Waals surface area contributed by atoms with Crippen LogP contribution in [0.25, 0.3) is 0 Å². The number of ether oxygens (including phenoxy) is 1. The van der Waals surface area contributed by atoms with E-state index in [1.807, 2.05) is 0 Å². The van der Waals surface area contributed by atoms with Crippen LogP contribution in [0.4, 0.5) is 0 Å². The summed E-state index contributed by atoms with van der Waals surface area (Å²) in [7, 11) is 0. The van der Waals surface area contributed by atoms with Gasteiger partial charge in [-0.15, -0.1) is 0 Å². The lowest BCUT2D eigenvalue weighted by molar-refractivity contribution is -0.297. The minimum Gasteiger partial charge on any atom is -0.459 e. The predicted molar refractivity (Wildman–Crippen MR) is 102 cm³/mol. The molecule has 4 heteroatoms. The van der Waals surface area contributed by atoms with Crippen LogP contribution in [0.2, 0.25) is 0 Å². The summed E-state index contributed by atoms with van der Waals surface area (Å²) in [6, 6.07) is 0. The van der Waals surface area contributed by atoms with Crippen LogP contribution in [0.5, 0.6) is 0 Å². The molecule has 4 bridgehead atoms. The quantitative estimate of drug-likeness (QED) is 0.657. The molecular formula is C22H38O4. The van der Waals surface area contributed by atoms with Crippen LogP contribution in [0.3, 0.4) is 0 Å². The lowest BCUT2D eigenvalue weighted by atomic mass is 9.36. The fourth-order valence-corrected chi connectivity index (χ4v) is 7.81. The van der Waals surface area contributed by atoms with Gasteiger partial charge in [-0.05, 0) is 70.1 Å². The van der Waals surface area contributed by atoms with Gasteiger partial charge in [-0.25, -0.2) is 0 Å². The molecule has 4 fully saturated rings. The van der Waals surface area contributed by atoms with Gasteiger partial charge in [0.25, 0.3) is 0 Å². The summed E-state index contributed by atoms with van der Waals surface area (Å²) < 4.78 is 6.01. The highest BCUT2D eigenvalue weighted by molar-refractivity contribution is 5.66. The van der Waals surface area contributed by atoms with Crippen molar-refractivity contribution in [2.45, 2.75) is 116 Å². The summed E-state index contributed by atoms with van der Waals surface area (Å²) in [4.78, 5) is 12.0. The average molecular weight is 367 g/mol. The Kier molecular flexibility index (Phi) is 4.80. The first-order chi connectivity index (χ1) is 12.1. The normalized spacial score (nSPS) is 39.3. The number of hydrogen-bond acceptors (Lipinski definition) is 4. The van der Waals surface area contributed by atoms with E-state index >= 15 is 0 Å². The molecule has 0 saturated heterocycles. The lowest BCUT2D eigenvalue weighted by Gasteiger charge is -2.71. The molecule has 0 heterocycles. The van der Waals surface area contributed by atoms with Crippen molar-refractivity contribution in [3.63, 3.8) is 0 Å². The highest BCUT2D eigenvalue weighted by Gasteiger charge is 2.72. The van der Waals surface area contributed by atoms with Crippen LogP contribution in [0.1, 0.15) is 98.8 Å². The largest absolute Gasteiger partial charge is 0.459 e. The fourth-order valence-electron chi connectivity index (χ4n) is 7.81. The van der Waals surface area contributed by atoms with E-state index in [4.69, 9.17) is 4.74 Å². The Hall–Kier alpha value is -0.610. The minimum atomic E-state index is -0.758. The molecule has 2 atom stereocenters. The third-order valence-electron chi connectivity index (χ3n) is 8.69. The van der Waals surface area contributed by atoms with E-state index in [9.17, 15) is 15.0 Å². The first kappa shape index (κ1) is 20.1. The number of aliphatic hydroxyl groups is 2. The summed E-state index contributed by atoms with van der Waals surface area (Å²) in [6.45, 7) is 9.77. The monoisotopic (exact) mass is 366 g/mol. The van der Waals surface area contributed by atoms with Gasteiger partial charge in [0.2, 0.25) is 0 Å². The van der Waals surface area contributed by atoms with Gasteiger partial charge in [-0.3, -0.25) is 4.79 Å². The van der Waals surface area contributed by atoms with Crippen LogP contribution in [0, 0.1) is 16.7 Å². The third-order valence-corrected chi connectivity index (χ3v) is 8.69. The molecule has 4 rings (SSSR count). The molecule has 2 N–H and O–H groups in total. The maximum absolute atomic E-state index is 12.0. The molecule has 4 nitrogen and oxygen atoms in total. The first-order valence-corrected chi connectivity index (χ1v) is 10.7. The van der Waals surface area contributed by atoms with Crippen LogP contribution in [0.15, 0.2) is 0 Å². The topological polar surface area (TPSA) is 66.8 Å². The Labute approximate surface area is 158 Å². The van der Waals surface area contributed by atoms with Crippen molar-refractivity contribution in [1.82, 2.24) is 0 Å². The summed E-state index contributed by atoms with van der Waals surface area (Å²) in [5.41, 5.74) is -2.55. The highest BCUT2D eigenvalue weighted by Crippen LogP contribution is 2.73. The van der Waals surface area contributed by atoms with E-state index in [-0.39, 0.29) is 16.8 Å². The average Bonchev–Trinajstić information content (AvgIpc) is 2.57. The van der Waals surface area contributed by atoms with Gasteiger partial charge >= 0.3 is 5.97 Å². The molecule has 4 saturated carbocycles. The van der Waals surface area contributed by atoms with E-state index in [0.29, 0.717) is 31.6 Å². The molecule has 26 heavy (non-hydrogen) atoms. The maximum atomic E-state index is 12.0. The molecule has 0 aromatic heterocycles. The number of rotatable bonds is 7. The van der Waals surface area contributed by atoms with E-state index in [2.05, 4.69) is 27.7 Å². The molecule has 150 valence electrons. The van der Waals surface area contributed by atoms with Crippen LogP contribution in [-0.2, 0) is 9.53 Å². The standard InChI is InChI=1S/C22H38O4/c1-6-21(24,7-2)18-10-17-11-19(13-18,22(25,8-3)9-4)15-20(12-17,14-18)26-16(5)23/h17,24-25H,6-15H2,1-5H3. The molecule has 0 aliphatic heterocycles. The van der Waals surface area contributed by atoms with Crippen LogP contribution < -0.4 is 0 Å². The van der Waals surface area contributed by atoms with Crippen LogP contribution in [-0.4, -0.2) is 33.0 Å². The summed E-state index contributed by atoms with van der Waals surface area (Å²) in [5, 5.41) is 23.3. The van der Waals surface area contributed by atoms with Crippen LogP contribution >= 0.6 is 0 Å². The fraction of sp³-hybridized carbons (Fsp3) is 0.955. The van der Waals surface area contributed by atoms with E-state index in [1.54, 1.807) is 0 Å². The van der Waals surface area contributed by atoms with Gasteiger partial charge < -0.3 is 14.9 Å². The second-order valence-electron chi connectivity index (χ2n) is 9.82. The van der Waals surface area contributed by atoms with E-state index in [1.165, 1.54) is 6.92 Å². The lowest BCUT2D eigenvalue weighted by Crippen LogP contribution is -2.71. The van der Waals surface area contributed by atoms with Crippen molar-refractivity contribution < 1.29 is 19.7 Å². The number of carbonyl (C=O) groups is 1. The highest BCUT2D eigenvalue weighted by atomic mass is 16.6. The summed E-state index contributed by atoms with van der Waals surface area (Å²) in [5.74, 6) is 0.185.